The van der Waals surface area contributed by atoms with Crippen molar-refractivity contribution in [2.75, 3.05) is 0 Å². The fourth-order valence-electron chi connectivity index (χ4n) is 7.92. The summed E-state index contributed by atoms with van der Waals surface area (Å²) < 4.78 is 139. The van der Waals surface area contributed by atoms with Crippen LogP contribution in [0.5, 0.6) is 11.5 Å². The summed E-state index contributed by atoms with van der Waals surface area (Å²) in [6.45, 7) is 7.18. The Morgan fingerprint density at radius 3 is 2.14 bits per heavy atom. The number of benzene rings is 2. The third-order valence-corrected chi connectivity index (χ3v) is 11.3. The Morgan fingerprint density at radius 2 is 1.61 bits per heavy atom. The first-order valence-corrected chi connectivity index (χ1v) is 18.2. The van der Waals surface area contributed by atoms with Crippen molar-refractivity contribution in [3.8, 4) is 11.5 Å². The summed E-state index contributed by atoms with van der Waals surface area (Å²) in [4.78, 5) is 9.55. The number of ketones is 1. The Balaban J connectivity index is 1.25. The zero-order valence-corrected chi connectivity index (χ0v) is 30.5. The average Bonchev–Trinajstić information content (AvgIpc) is 3.11. The van der Waals surface area contributed by atoms with Crippen LogP contribution in [0.3, 0.4) is 0 Å². The summed E-state index contributed by atoms with van der Waals surface area (Å²) >= 11 is 0. The fraction of sp³-hybridized carbons (Fsp3) is 0.341. The van der Waals surface area contributed by atoms with Crippen LogP contribution in [0.4, 0.5) is 39.5 Å². The van der Waals surface area contributed by atoms with Crippen molar-refractivity contribution in [3.05, 3.63) is 149 Å². The van der Waals surface area contributed by atoms with Crippen LogP contribution in [0.2, 0.25) is 0 Å². The maximum Gasteiger partial charge on any atom is 0.417 e. The molecule has 4 aliphatic carbocycles. The number of aliphatic hydroxyl groups is 1. The minimum Gasteiger partial charge on any atom is -0.508 e. The predicted molar refractivity (Wildman–Crippen MR) is 197 cm³/mol. The summed E-state index contributed by atoms with van der Waals surface area (Å²) in [6.07, 6.45) is 5.74. The monoisotopic (exact) mass is 787 g/mol. The van der Waals surface area contributed by atoms with Crippen molar-refractivity contribution >= 4 is 11.4 Å². The molecule has 6 rings (SSSR count). The number of carbonyl (C=O) groups excluding carboxylic acids is 1. The first-order valence-electron chi connectivity index (χ1n) is 18.2. The van der Waals surface area contributed by atoms with E-state index < -0.39 is 81.3 Å². The zero-order valence-electron chi connectivity index (χ0n) is 30.5. The van der Waals surface area contributed by atoms with Crippen molar-refractivity contribution < 1.29 is 54.2 Å². The molecule has 296 valence electrons. The Morgan fingerprint density at radius 1 is 0.946 bits per heavy atom. The molecule has 1 fully saturated rings. The molecule has 2 aromatic carbocycles. The van der Waals surface area contributed by atoms with Gasteiger partial charge in [0.2, 0.25) is 0 Å². The fourth-order valence-corrected chi connectivity index (χ4v) is 7.92. The zero-order chi connectivity index (χ0) is 40.7. The predicted octanol–water partition coefficient (Wildman–Crippen LogP) is 12.8. The van der Waals surface area contributed by atoms with E-state index in [2.05, 4.69) is 6.58 Å². The average molecular weight is 788 g/mol. The quantitative estimate of drug-likeness (QED) is 0.113. The molecular weight excluding hydrogens is 747 g/mol. The third-order valence-electron chi connectivity index (χ3n) is 11.3. The molecule has 0 amide bonds. The largest absolute Gasteiger partial charge is 0.508 e. The number of allylic oxidation sites excluding steroid dienone is 14. The summed E-state index contributed by atoms with van der Waals surface area (Å²) in [6, 6.07) is 4.54. The second kappa shape index (κ2) is 15.5. The highest BCUT2D eigenvalue weighted by Crippen LogP contribution is 2.56. The van der Waals surface area contributed by atoms with E-state index in [1.165, 1.54) is 30.4 Å². The van der Waals surface area contributed by atoms with Crippen molar-refractivity contribution in [1.29, 1.82) is 0 Å². The molecular formula is C44H40F9O3+. The lowest BCUT2D eigenvalue weighted by Gasteiger charge is -2.47. The molecule has 0 saturated heterocycles. The van der Waals surface area contributed by atoms with Crippen molar-refractivity contribution in [1.82, 2.24) is 0 Å². The standard InChI is InChI=1S/C44H39F9O3/c1-4-24(2)21-34-38(45)39(46)35(40(47)41(34)56-33-15-9-27(10-16-33)36(43(48,49)50)25-5-11-31(54)12-6-25)29-22-30(23-29)42(3)19-17-28(18-20-42)37(44(51,52)53)26-7-13-32(55)14-8-26/h4-7,9-19,24,26,29-30,37,55H,1,8,20-23H2,2-3H3/p+1. The number of hydrogen-bond donors (Lipinski definition) is 1. The molecule has 0 spiro atoms. The van der Waals surface area contributed by atoms with E-state index in [4.69, 9.17) is 4.74 Å². The van der Waals surface area contributed by atoms with Crippen molar-refractivity contribution in [2.45, 2.75) is 64.2 Å². The van der Waals surface area contributed by atoms with E-state index in [-0.39, 0.29) is 72.0 Å². The molecule has 4 unspecified atom stereocenters. The van der Waals surface area contributed by atoms with Gasteiger partial charge in [-0.05, 0) is 114 Å². The number of ether oxygens (including phenoxy) is 1. The van der Waals surface area contributed by atoms with Gasteiger partial charge in [0.25, 0.3) is 0 Å². The lowest BCUT2D eigenvalue weighted by atomic mass is 9.57. The van der Waals surface area contributed by atoms with Crippen LogP contribution in [0.15, 0.2) is 115 Å². The van der Waals surface area contributed by atoms with E-state index in [0.717, 1.165) is 48.6 Å². The topological polar surface area (TPSA) is 50.9 Å². The maximum atomic E-state index is 16.5. The Kier molecular flexibility index (Phi) is 11.3. The molecule has 0 bridgehead atoms. The number of rotatable bonds is 10. The molecule has 2 N–H and O–H groups in total. The van der Waals surface area contributed by atoms with Crippen LogP contribution in [0, 0.1) is 46.5 Å². The molecule has 1 saturated carbocycles. The van der Waals surface area contributed by atoms with Gasteiger partial charge >= 0.3 is 18.1 Å². The molecule has 4 atom stereocenters. The number of hydrogen-bond acceptors (Lipinski definition) is 2. The van der Waals surface area contributed by atoms with E-state index in [1.54, 1.807) is 19.1 Å². The number of aliphatic hydroxyl groups excluding tert-OH is 1. The Hall–Kier alpha value is -5.00. The molecule has 12 heteroatoms. The van der Waals surface area contributed by atoms with Crippen LogP contribution in [0.25, 0.3) is 5.57 Å². The summed E-state index contributed by atoms with van der Waals surface area (Å²) in [5.74, 6) is -8.99. The van der Waals surface area contributed by atoms with Gasteiger partial charge in [-0.1, -0.05) is 56.4 Å². The van der Waals surface area contributed by atoms with E-state index in [1.807, 2.05) is 6.92 Å². The van der Waals surface area contributed by atoms with Gasteiger partial charge < -0.3 is 9.84 Å². The molecule has 3 nitrogen and oxygen atoms in total. The van der Waals surface area contributed by atoms with E-state index in [0.29, 0.717) is 0 Å². The van der Waals surface area contributed by atoms with Gasteiger partial charge in [0, 0.05) is 23.3 Å². The van der Waals surface area contributed by atoms with Crippen LogP contribution in [0.1, 0.15) is 62.1 Å². The molecule has 0 radical (unpaired) electrons. The molecule has 2 aromatic rings. The normalized spacial score (nSPS) is 24.7. The van der Waals surface area contributed by atoms with E-state index >= 15 is 13.2 Å². The minimum absolute atomic E-state index is 0.0217. The molecule has 0 aliphatic heterocycles. The van der Waals surface area contributed by atoms with Gasteiger partial charge in [0.1, 0.15) is 11.5 Å². The Labute approximate surface area is 318 Å². The Bertz CT molecular complexity index is 2090. The number of halogens is 9. The van der Waals surface area contributed by atoms with Crippen LogP contribution in [-0.2, 0) is 6.42 Å². The van der Waals surface area contributed by atoms with Gasteiger partial charge in [0.05, 0.1) is 11.5 Å². The van der Waals surface area contributed by atoms with Gasteiger partial charge in [-0.3, -0.25) is 4.79 Å². The van der Waals surface area contributed by atoms with Crippen molar-refractivity contribution in [2.24, 2.45) is 29.1 Å². The first kappa shape index (κ1) is 40.7. The maximum absolute atomic E-state index is 16.5. The summed E-state index contributed by atoms with van der Waals surface area (Å²) in [7, 11) is 0. The SMILES string of the molecule is C=CC(C)Cc1c(F)c(F)c(C2CC(C3(C)C=CC(C(C4C=CC(O)=CC4)C(F)(F)F)=CC3)C2)c(F)c1Oc1ccc(C(=C2C=CC(=[OH+])C=C2)C(F)(F)F)cc1. The minimum atomic E-state index is -4.79. The van der Waals surface area contributed by atoms with Crippen LogP contribution in [-0.4, -0.2) is 28.0 Å². The lowest BCUT2D eigenvalue weighted by molar-refractivity contribution is -0.172. The second-order valence-corrected chi connectivity index (χ2v) is 15.1. The van der Waals surface area contributed by atoms with E-state index in [9.17, 15) is 36.2 Å². The highest BCUT2D eigenvalue weighted by molar-refractivity contribution is 6.03. The first-order chi connectivity index (χ1) is 26.3. The number of alkyl halides is 6. The molecule has 0 heterocycles. The van der Waals surface area contributed by atoms with Crippen LogP contribution >= 0.6 is 0 Å². The highest BCUT2D eigenvalue weighted by atomic mass is 19.4. The lowest BCUT2D eigenvalue weighted by Crippen LogP contribution is -2.38. The smallest absolute Gasteiger partial charge is 0.417 e. The third kappa shape index (κ3) is 8.25. The molecule has 0 aromatic heterocycles. The molecule has 4 aliphatic rings. The van der Waals surface area contributed by atoms with Gasteiger partial charge in [-0.2, -0.15) is 26.3 Å². The second-order valence-electron chi connectivity index (χ2n) is 15.1. The van der Waals surface area contributed by atoms with Gasteiger partial charge in [-0.15, -0.1) is 6.58 Å². The van der Waals surface area contributed by atoms with Gasteiger partial charge in [0.15, 0.2) is 23.2 Å². The highest BCUT2D eigenvalue weighted by Gasteiger charge is 2.49. The van der Waals surface area contributed by atoms with Gasteiger partial charge in [-0.25, -0.2) is 13.2 Å². The van der Waals surface area contributed by atoms with Crippen LogP contribution < -0.4 is 4.74 Å². The summed E-state index contributed by atoms with van der Waals surface area (Å²) in [5.41, 5.74) is -2.95. The summed E-state index contributed by atoms with van der Waals surface area (Å²) in [5, 5.41) is 9.61. The molecule has 56 heavy (non-hydrogen) atoms. The van der Waals surface area contributed by atoms with Crippen molar-refractivity contribution in [3.63, 3.8) is 0 Å².